The van der Waals surface area contributed by atoms with Gasteiger partial charge in [0.1, 0.15) is 0 Å². The zero-order valence-electron chi connectivity index (χ0n) is 8.65. The molecule has 0 aromatic heterocycles. The lowest BCUT2D eigenvalue weighted by Crippen LogP contribution is -2.39. The fourth-order valence-electron chi connectivity index (χ4n) is 0.743. The van der Waals surface area contributed by atoms with Crippen LogP contribution in [0.3, 0.4) is 0 Å². The summed E-state index contributed by atoms with van der Waals surface area (Å²) in [7, 11) is 0. The number of hydrogen-bond acceptors (Lipinski definition) is 5. The molecule has 0 aliphatic carbocycles. The number of carbonyl (C=O) groups excluding carboxylic acids is 1. The van der Waals surface area contributed by atoms with E-state index in [-0.39, 0.29) is 6.79 Å². The van der Waals surface area contributed by atoms with Crippen molar-refractivity contribution in [2.24, 2.45) is 5.16 Å². The molecule has 0 aliphatic heterocycles. The molecule has 0 bridgehead atoms. The minimum atomic E-state index is -0.476. The summed E-state index contributed by atoms with van der Waals surface area (Å²) in [5, 5.41) is 14.4. The number of hydrogen-bond donors (Lipinski definition) is 0. The molecule has 82 valence electrons. The average molecular weight is 203 g/mol. The maximum absolute atomic E-state index is 11.1. The Bertz CT molecular complexity index is 202. The van der Waals surface area contributed by atoms with E-state index >= 15 is 0 Å². The summed E-state index contributed by atoms with van der Waals surface area (Å²) in [6.07, 6.45) is 0. The van der Waals surface area contributed by atoms with E-state index in [0.717, 1.165) is 0 Å². The van der Waals surface area contributed by atoms with Crippen molar-refractivity contribution in [3.63, 3.8) is 0 Å². The normalized spacial score (nSPS) is 10.9. The average Bonchev–Trinajstić information content (AvgIpc) is 2.14. The SMILES string of the molecule is CCN(CC)/C([O-])=N/OCOC(C)=O. The molecule has 0 saturated heterocycles. The van der Waals surface area contributed by atoms with Gasteiger partial charge in [-0.05, 0) is 13.8 Å². The van der Waals surface area contributed by atoms with Crippen molar-refractivity contribution in [1.29, 1.82) is 0 Å². The Morgan fingerprint density at radius 3 is 2.43 bits per heavy atom. The lowest BCUT2D eigenvalue weighted by Gasteiger charge is -2.25. The number of rotatable bonds is 5. The third-order valence-electron chi connectivity index (χ3n) is 1.49. The molecule has 0 radical (unpaired) electrons. The predicted octanol–water partition coefficient (Wildman–Crippen LogP) is -0.503. The monoisotopic (exact) mass is 203 g/mol. The summed E-state index contributed by atoms with van der Waals surface area (Å²) in [4.78, 5) is 16.3. The van der Waals surface area contributed by atoms with Gasteiger partial charge in [0, 0.05) is 20.0 Å². The largest absolute Gasteiger partial charge is 0.844 e. The van der Waals surface area contributed by atoms with Gasteiger partial charge < -0.3 is 19.6 Å². The molecule has 0 fully saturated rings. The van der Waals surface area contributed by atoms with Gasteiger partial charge in [-0.15, -0.1) is 0 Å². The second kappa shape index (κ2) is 6.99. The Balaban J connectivity index is 3.80. The summed E-state index contributed by atoms with van der Waals surface area (Å²) in [6.45, 7) is 5.72. The van der Waals surface area contributed by atoms with Gasteiger partial charge in [-0.1, -0.05) is 5.16 Å². The highest BCUT2D eigenvalue weighted by molar-refractivity contribution is 5.68. The van der Waals surface area contributed by atoms with Gasteiger partial charge >= 0.3 is 5.97 Å². The van der Waals surface area contributed by atoms with Crippen molar-refractivity contribution >= 4 is 12.0 Å². The van der Waals surface area contributed by atoms with Crippen LogP contribution in [0.4, 0.5) is 0 Å². The van der Waals surface area contributed by atoms with Crippen LogP contribution in [-0.2, 0) is 14.4 Å². The highest BCUT2D eigenvalue weighted by Gasteiger charge is 1.96. The molecule has 0 saturated carbocycles. The van der Waals surface area contributed by atoms with Gasteiger partial charge in [-0.2, -0.15) is 0 Å². The number of esters is 1. The zero-order chi connectivity index (χ0) is 11.0. The fraction of sp³-hybridized carbons (Fsp3) is 0.750. The minimum Gasteiger partial charge on any atom is -0.844 e. The number of oxime groups is 1. The highest BCUT2D eigenvalue weighted by atomic mass is 16.8. The molecule has 0 N–H and O–H groups in total. The third-order valence-corrected chi connectivity index (χ3v) is 1.49. The first-order valence-electron chi connectivity index (χ1n) is 4.37. The van der Waals surface area contributed by atoms with Gasteiger partial charge in [0.05, 0.1) is 6.02 Å². The third kappa shape index (κ3) is 5.23. The van der Waals surface area contributed by atoms with Crippen molar-refractivity contribution in [1.82, 2.24) is 4.90 Å². The van der Waals surface area contributed by atoms with Crippen LogP contribution in [0, 0.1) is 0 Å². The molecule has 0 unspecified atom stereocenters. The first-order valence-corrected chi connectivity index (χ1v) is 4.37. The van der Waals surface area contributed by atoms with Gasteiger partial charge in [-0.3, -0.25) is 4.79 Å². The molecule has 0 atom stereocenters. The first kappa shape index (κ1) is 12.5. The summed E-state index contributed by atoms with van der Waals surface area (Å²) in [6, 6.07) is -0.470. The number of nitrogens with zero attached hydrogens (tertiary/aromatic N) is 2. The Labute approximate surface area is 83.1 Å². The molecular formula is C8H15N2O4-. The second-order valence-electron chi connectivity index (χ2n) is 2.43. The van der Waals surface area contributed by atoms with E-state index in [4.69, 9.17) is 0 Å². The van der Waals surface area contributed by atoms with Crippen molar-refractivity contribution in [2.75, 3.05) is 19.9 Å². The maximum atomic E-state index is 11.1. The van der Waals surface area contributed by atoms with Gasteiger partial charge in [0.25, 0.3) is 6.79 Å². The molecular weight excluding hydrogens is 188 g/mol. The van der Waals surface area contributed by atoms with Crippen LogP contribution in [0.1, 0.15) is 20.8 Å². The van der Waals surface area contributed by atoms with Gasteiger partial charge in [-0.25, -0.2) is 0 Å². The maximum Gasteiger partial charge on any atom is 0.305 e. The van der Waals surface area contributed by atoms with Crippen molar-refractivity contribution in [3.8, 4) is 0 Å². The summed E-state index contributed by atoms with van der Waals surface area (Å²) >= 11 is 0. The lowest BCUT2D eigenvalue weighted by atomic mass is 10.5. The fourth-order valence-corrected chi connectivity index (χ4v) is 0.743. The lowest BCUT2D eigenvalue weighted by molar-refractivity contribution is -0.241. The molecule has 0 spiro atoms. The molecule has 0 aromatic rings. The topological polar surface area (TPSA) is 74.2 Å². The molecule has 0 aliphatic rings. The van der Waals surface area contributed by atoms with E-state index in [1.54, 1.807) is 0 Å². The Kier molecular flexibility index (Phi) is 6.26. The standard InChI is InChI=1S/C8H16N2O4/c1-4-10(5-2)8(12)9-14-6-13-7(3)11/h4-6H2,1-3H3,(H,9,12)/p-1. The van der Waals surface area contributed by atoms with Crippen LogP contribution < -0.4 is 5.11 Å². The predicted molar refractivity (Wildman–Crippen MR) is 48.1 cm³/mol. The quantitative estimate of drug-likeness (QED) is 0.150. The van der Waals surface area contributed by atoms with Crippen LogP contribution in [-0.4, -0.2) is 36.8 Å². The van der Waals surface area contributed by atoms with E-state index in [1.165, 1.54) is 11.8 Å². The summed E-state index contributed by atoms with van der Waals surface area (Å²) in [5.74, 6) is -0.476. The number of amidine groups is 1. The first-order chi connectivity index (χ1) is 6.61. The van der Waals surface area contributed by atoms with Crippen LogP contribution in [0.5, 0.6) is 0 Å². The second-order valence-corrected chi connectivity index (χ2v) is 2.43. The Morgan fingerprint density at radius 2 is 2.00 bits per heavy atom. The van der Waals surface area contributed by atoms with Gasteiger partial charge in [0.15, 0.2) is 0 Å². The zero-order valence-corrected chi connectivity index (χ0v) is 8.65. The summed E-state index contributed by atoms with van der Waals surface area (Å²) < 4.78 is 4.41. The van der Waals surface area contributed by atoms with Crippen LogP contribution in [0.25, 0.3) is 0 Å². The van der Waals surface area contributed by atoms with Crippen LogP contribution >= 0.6 is 0 Å². The van der Waals surface area contributed by atoms with Crippen LogP contribution in [0.15, 0.2) is 5.16 Å². The molecule has 0 aromatic carbocycles. The molecule has 0 heterocycles. The van der Waals surface area contributed by atoms with E-state index in [1.807, 2.05) is 13.8 Å². The van der Waals surface area contributed by atoms with Crippen molar-refractivity contribution in [2.45, 2.75) is 20.8 Å². The van der Waals surface area contributed by atoms with E-state index in [9.17, 15) is 9.90 Å². The Hall–Kier alpha value is -1.46. The number of ether oxygens (including phenoxy) is 1. The molecule has 6 nitrogen and oxygen atoms in total. The van der Waals surface area contributed by atoms with Gasteiger partial charge in [0.2, 0.25) is 0 Å². The molecule has 14 heavy (non-hydrogen) atoms. The van der Waals surface area contributed by atoms with E-state index in [0.29, 0.717) is 13.1 Å². The molecule has 0 amide bonds. The molecule has 0 rings (SSSR count). The van der Waals surface area contributed by atoms with Crippen molar-refractivity contribution < 1.29 is 19.5 Å². The van der Waals surface area contributed by atoms with E-state index < -0.39 is 12.0 Å². The smallest absolute Gasteiger partial charge is 0.305 e. The molecule has 6 heteroatoms. The van der Waals surface area contributed by atoms with Crippen LogP contribution in [0.2, 0.25) is 0 Å². The van der Waals surface area contributed by atoms with E-state index in [2.05, 4.69) is 14.7 Å². The van der Waals surface area contributed by atoms with Crippen molar-refractivity contribution in [3.05, 3.63) is 0 Å². The highest BCUT2D eigenvalue weighted by Crippen LogP contribution is 1.88. The minimum absolute atomic E-state index is 0.331. The summed E-state index contributed by atoms with van der Waals surface area (Å²) in [5.41, 5.74) is 0. The Morgan fingerprint density at radius 1 is 1.43 bits per heavy atom. The number of carbonyl (C=O) groups is 1.